The molecule has 1 rings (SSSR count). The Morgan fingerprint density at radius 2 is 2.00 bits per heavy atom. The summed E-state index contributed by atoms with van der Waals surface area (Å²) in [6, 6.07) is 3.61. The van der Waals surface area contributed by atoms with Crippen molar-refractivity contribution in [3.8, 4) is 0 Å². The molecule has 0 heterocycles. The van der Waals surface area contributed by atoms with Gasteiger partial charge < -0.3 is 15.5 Å². The molecule has 0 radical (unpaired) electrons. The Hall–Kier alpha value is -1.95. The highest BCUT2D eigenvalue weighted by Gasteiger charge is 2.27. The number of carboxylic acid groups (broad SMARTS) is 1. The van der Waals surface area contributed by atoms with Gasteiger partial charge in [-0.15, -0.1) is 0 Å². The van der Waals surface area contributed by atoms with Gasteiger partial charge in [-0.25, -0.2) is 9.18 Å². The largest absolute Gasteiger partial charge is 0.480 e. The van der Waals surface area contributed by atoms with Crippen molar-refractivity contribution in [1.29, 1.82) is 0 Å². The molecule has 0 bridgehead atoms. The first-order valence-electron chi connectivity index (χ1n) is 5.23. The monoisotopic (exact) mass is 255 g/mol. The van der Waals surface area contributed by atoms with Gasteiger partial charge >= 0.3 is 5.97 Å². The van der Waals surface area contributed by atoms with Crippen molar-refractivity contribution in [2.24, 2.45) is 0 Å². The van der Waals surface area contributed by atoms with Crippen molar-refractivity contribution in [2.75, 3.05) is 11.9 Å². The van der Waals surface area contributed by atoms with Crippen molar-refractivity contribution < 1.29 is 24.2 Å². The Balaban J connectivity index is 2.99. The maximum absolute atomic E-state index is 13.5. The van der Waals surface area contributed by atoms with Gasteiger partial charge in [-0.1, -0.05) is 0 Å². The molecule has 18 heavy (non-hydrogen) atoms. The lowest BCUT2D eigenvalue weighted by molar-refractivity contribution is -0.141. The third-order valence-electron chi connectivity index (χ3n) is 2.40. The summed E-state index contributed by atoms with van der Waals surface area (Å²) in [5, 5.41) is 20.2. The minimum Gasteiger partial charge on any atom is -0.480 e. The standard InChI is InChI=1S/C12H14FNO4/c1-12(2,11(17)18)14-7-3-4-8(9(13)5-7)10(16)6-15/h3-5,14-15H,6H2,1-2H3,(H,17,18). The van der Waals surface area contributed by atoms with Crippen molar-refractivity contribution in [3.05, 3.63) is 29.6 Å². The van der Waals surface area contributed by atoms with Gasteiger partial charge in [0.2, 0.25) is 0 Å². The Morgan fingerprint density at radius 1 is 1.39 bits per heavy atom. The quantitative estimate of drug-likeness (QED) is 0.690. The maximum Gasteiger partial charge on any atom is 0.328 e. The first-order chi connectivity index (χ1) is 8.27. The molecule has 6 heteroatoms. The number of benzene rings is 1. The number of aliphatic carboxylic acids is 1. The summed E-state index contributed by atoms with van der Waals surface area (Å²) in [6.07, 6.45) is 0. The number of Topliss-reactive ketones (excluding diaryl/α,β-unsaturated/α-hetero) is 1. The molecule has 0 unspecified atom stereocenters. The van der Waals surface area contributed by atoms with Crippen LogP contribution < -0.4 is 5.32 Å². The van der Waals surface area contributed by atoms with Gasteiger partial charge in [0.15, 0.2) is 5.78 Å². The lowest BCUT2D eigenvalue weighted by Gasteiger charge is -2.22. The first-order valence-corrected chi connectivity index (χ1v) is 5.23. The van der Waals surface area contributed by atoms with Crippen LogP contribution in [-0.4, -0.2) is 34.1 Å². The predicted molar refractivity (Wildman–Crippen MR) is 63.2 cm³/mol. The zero-order valence-electron chi connectivity index (χ0n) is 10.0. The fraction of sp³-hybridized carbons (Fsp3) is 0.333. The number of halogens is 1. The van der Waals surface area contributed by atoms with Crippen LogP contribution in [0.15, 0.2) is 18.2 Å². The van der Waals surface area contributed by atoms with Crippen LogP contribution in [0.4, 0.5) is 10.1 Å². The van der Waals surface area contributed by atoms with Crippen LogP contribution in [0.5, 0.6) is 0 Å². The van der Waals surface area contributed by atoms with Crippen molar-refractivity contribution in [1.82, 2.24) is 0 Å². The zero-order valence-corrected chi connectivity index (χ0v) is 10.0. The maximum atomic E-state index is 13.5. The molecule has 0 fully saturated rings. The molecule has 0 aliphatic rings. The van der Waals surface area contributed by atoms with Crippen LogP contribution in [0, 0.1) is 5.82 Å². The highest BCUT2D eigenvalue weighted by molar-refractivity contribution is 5.97. The SMILES string of the molecule is CC(C)(Nc1ccc(C(=O)CO)c(F)c1)C(=O)O. The van der Waals surface area contributed by atoms with Gasteiger partial charge in [0.05, 0.1) is 5.56 Å². The van der Waals surface area contributed by atoms with Gasteiger partial charge in [0.25, 0.3) is 0 Å². The molecular weight excluding hydrogens is 241 g/mol. The number of anilines is 1. The minimum absolute atomic E-state index is 0.226. The third-order valence-corrected chi connectivity index (χ3v) is 2.40. The van der Waals surface area contributed by atoms with Gasteiger partial charge in [-0.2, -0.15) is 0 Å². The second kappa shape index (κ2) is 5.14. The molecule has 0 amide bonds. The summed E-state index contributed by atoms with van der Waals surface area (Å²) in [7, 11) is 0. The van der Waals surface area contributed by atoms with E-state index >= 15 is 0 Å². The zero-order chi connectivity index (χ0) is 13.9. The van der Waals surface area contributed by atoms with E-state index in [9.17, 15) is 14.0 Å². The Labute approximate surface area is 103 Å². The fourth-order valence-electron chi connectivity index (χ4n) is 1.32. The number of nitrogens with one attached hydrogen (secondary N) is 1. The molecule has 0 aliphatic carbocycles. The number of rotatable bonds is 5. The fourth-order valence-corrected chi connectivity index (χ4v) is 1.32. The number of ketones is 1. The predicted octanol–water partition coefficient (Wildman–Crippen LogP) is 1.28. The van der Waals surface area contributed by atoms with Gasteiger partial charge in [0.1, 0.15) is 18.0 Å². The third kappa shape index (κ3) is 3.04. The molecule has 0 atom stereocenters. The second-order valence-electron chi connectivity index (χ2n) is 4.33. The molecule has 0 saturated carbocycles. The average molecular weight is 255 g/mol. The lowest BCUT2D eigenvalue weighted by atomic mass is 10.0. The minimum atomic E-state index is -1.26. The van der Waals surface area contributed by atoms with Gasteiger partial charge in [-0.3, -0.25) is 4.79 Å². The Kier molecular flexibility index (Phi) is 4.03. The molecule has 0 aromatic heterocycles. The summed E-state index contributed by atoms with van der Waals surface area (Å²) >= 11 is 0. The highest BCUT2D eigenvalue weighted by Crippen LogP contribution is 2.19. The molecular formula is C12H14FNO4. The van der Waals surface area contributed by atoms with E-state index in [-0.39, 0.29) is 11.3 Å². The molecule has 5 nitrogen and oxygen atoms in total. The normalized spacial score (nSPS) is 11.1. The molecule has 0 saturated heterocycles. The van der Waals surface area contributed by atoms with Crippen molar-refractivity contribution in [3.63, 3.8) is 0 Å². The van der Waals surface area contributed by atoms with E-state index in [1.165, 1.54) is 26.0 Å². The first kappa shape index (κ1) is 14.1. The van der Waals surface area contributed by atoms with Crippen LogP contribution in [0.1, 0.15) is 24.2 Å². The van der Waals surface area contributed by atoms with E-state index < -0.39 is 29.7 Å². The Bertz CT molecular complexity index is 485. The van der Waals surface area contributed by atoms with E-state index in [4.69, 9.17) is 10.2 Å². The molecule has 1 aromatic rings. The van der Waals surface area contributed by atoms with Crippen LogP contribution in [-0.2, 0) is 4.79 Å². The topological polar surface area (TPSA) is 86.6 Å². The number of hydrogen-bond donors (Lipinski definition) is 3. The number of carbonyl (C=O) groups is 2. The highest BCUT2D eigenvalue weighted by atomic mass is 19.1. The van der Waals surface area contributed by atoms with Gasteiger partial charge in [0, 0.05) is 5.69 Å². The molecule has 0 aliphatic heterocycles. The number of carboxylic acids is 1. The van der Waals surface area contributed by atoms with E-state index in [1.54, 1.807) is 0 Å². The van der Waals surface area contributed by atoms with Crippen molar-refractivity contribution in [2.45, 2.75) is 19.4 Å². The van der Waals surface area contributed by atoms with Crippen molar-refractivity contribution >= 4 is 17.4 Å². The molecule has 0 spiro atoms. The van der Waals surface area contributed by atoms with E-state index in [0.29, 0.717) is 0 Å². The Morgan fingerprint density at radius 3 is 2.44 bits per heavy atom. The average Bonchev–Trinajstić information content (AvgIpc) is 2.27. The summed E-state index contributed by atoms with van der Waals surface area (Å²) in [5.41, 5.74) is -1.24. The van der Waals surface area contributed by atoms with Gasteiger partial charge in [-0.05, 0) is 32.0 Å². The number of aliphatic hydroxyl groups excluding tert-OH is 1. The molecule has 3 N–H and O–H groups in total. The lowest BCUT2D eigenvalue weighted by Crippen LogP contribution is -2.39. The number of carbonyl (C=O) groups excluding carboxylic acids is 1. The molecule has 1 aromatic carbocycles. The number of hydrogen-bond acceptors (Lipinski definition) is 4. The van der Waals surface area contributed by atoms with Crippen LogP contribution in [0.3, 0.4) is 0 Å². The van der Waals surface area contributed by atoms with Crippen LogP contribution >= 0.6 is 0 Å². The smallest absolute Gasteiger partial charge is 0.328 e. The van der Waals surface area contributed by atoms with E-state index in [0.717, 1.165) is 6.07 Å². The second-order valence-corrected chi connectivity index (χ2v) is 4.33. The summed E-state index contributed by atoms with van der Waals surface area (Å²) in [6.45, 7) is 2.09. The summed E-state index contributed by atoms with van der Waals surface area (Å²) in [5.74, 6) is -2.62. The van der Waals surface area contributed by atoms with Crippen LogP contribution in [0.25, 0.3) is 0 Å². The van der Waals surface area contributed by atoms with Crippen LogP contribution in [0.2, 0.25) is 0 Å². The van der Waals surface area contributed by atoms with E-state index in [1.807, 2.05) is 0 Å². The number of aliphatic hydroxyl groups is 1. The van der Waals surface area contributed by atoms with E-state index in [2.05, 4.69) is 5.32 Å². The molecule has 98 valence electrons. The summed E-state index contributed by atoms with van der Waals surface area (Å²) < 4.78 is 13.5. The summed E-state index contributed by atoms with van der Waals surface area (Å²) in [4.78, 5) is 22.0.